The first-order valence-electron chi connectivity index (χ1n) is 35.1. The van der Waals surface area contributed by atoms with Crippen LogP contribution in [0, 0.1) is 17.9 Å². The molecule has 6 nitrogen and oxygen atoms in total. The van der Waals surface area contributed by atoms with Crippen molar-refractivity contribution in [2.75, 3.05) is 0 Å². The average Bonchev–Trinajstić information content (AvgIpc) is 1.48. The molecule has 23 rings (SSSR count). The molecule has 0 N–H and O–H groups in total. The number of fused-ring (bicyclic) bond motifs is 26. The summed E-state index contributed by atoms with van der Waals surface area (Å²) in [4.78, 5) is 5.23. The third kappa shape index (κ3) is 7.69. The zero-order valence-electron chi connectivity index (χ0n) is 55.5. The Morgan fingerprint density at radius 3 is 1.23 bits per heavy atom. The predicted octanol–water partition coefficient (Wildman–Crippen LogP) is 27.2. The summed E-state index contributed by atoms with van der Waals surface area (Å²) in [6.45, 7) is 10.7. The van der Waals surface area contributed by atoms with Gasteiger partial charge in [0, 0.05) is 74.0 Å². The van der Waals surface area contributed by atoms with E-state index in [-0.39, 0.29) is 0 Å². The molecule has 0 aliphatic rings. The van der Waals surface area contributed by atoms with Gasteiger partial charge in [-0.25, -0.2) is 4.85 Å². The van der Waals surface area contributed by atoms with Crippen LogP contribution in [0.1, 0.15) is 5.56 Å². The Labute approximate surface area is 601 Å². The lowest BCUT2D eigenvalue weighted by Crippen LogP contribution is -2.14. The molecule has 6 heterocycles. The van der Waals surface area contributed by atoms with Gasteiger partial charge in [0.25, 0.3) is 0 Å². The molecule has 0 saturated heterocycles. The van der Waals surface area contributed by atoms with E-state index in [2.05, 4.69) is 340 Å². The lowest BCUT2D eigenvalue weighted by Gasteiger charge is -2.27. The highest BCUT2D eigenvalue weighted by molar-refractivity contribution is 7.27. The summed E-state index contributed by atoms with van der Waals surface area (Å²) >= 11 is 3.57. The second-order valence-corrected chi connectivity index (χ2v) is 29.6. The fourth-order valence-corrected chi connectivity index (χ4v) is 20.5. The number of hydrogen-bond donors (Lipinski definition) is 0. The topological polar surface area (TPSA) is 47.9 Å². The average molecular weight is 1350 g/mol. The summed E-state index contributed by atoms with van der Waals surface area (Å²) in [5.74, 6) is 0. The quantitative estimate of drug-likeness (QED) is 0.121. The fraction of sp³-hybridized carbons (Fsp3) is 0. The van der Waals surface area contributed by atoms with Crippen molar-refractivity contribution in [2.45, 2.75) is 0 Å². The van der Waals surface area contributed by atoms with Crippen LogP contribution in [0.5, 0.6) is 0 Å². The zero-order valence-corrected chi connectivity index (χ0v) is 57.2. The SMILES string of the molecule is [C-]#[N+]c1c(-n2c3ccccc3c3ccccc32)c(-n2c3cc(-c4cccc5ccc6ccccc6c45)ccc3c3ccc4c5ccccc5sc4c32)c(C#N)c(-n2c3ccccc3c3ccccc32)c1-n1c2cc(-c3cc4ccccc4c4ccccc34)ccc2c2ccc3c4ccccc4sc3c21. The molecular weight excluding hydrogens is 1300 g/mol. The molecule has 17 aromatic carbocycles. The number of aromatic nitrogens is 4. The van der Waals surface area contributed by atoms with Gasteiger partial charge < -0.3 is 18.3 Å². The van der Waals surface area contributed by atoms with Crippen LogP contribution < -0.4 is 0 Å². The van der Waals surface area contributed by atoms with Crippen LogP contribution in [0.3, 0.4) is 0 Å². The number of nitrogens with zero attached hydrogens (tertiary/aromatic N) is 6. The summed E-state index contributed by atoms with van der Waals surface area (Å²) < 4.78 is 14.0. The van der Waals surface area contributed by atoms with Crippen LogP contribution in [0.25, 0.3) is 221 Å². The van der Waals surface area contributed by atoms with Crippen LogP contribution in [0.4, 0.5) is 5.69 Å². The molecule has 8 heteroatoms. The highest BCUT2D eigenvalue weighted by Crippen LogP contribution is 2.55. The molecule has 0 aliphatic carbocycles. The van der Waals surface area contributed by atoms with Crippen LogP contribution in [-0.2, 0) is 0 Å². The van der Waals surface area contributed by atoms with Crippen LogP contribution in [0.2, 0.25) is 0 Å². The molecule has 0 fully saturated rings. The maximum atomic E-state index is 13.7. The molecule has 0 amide bonds. The van der Waals surface area contributed by atoms with E-state index in [1.54, 1.807) is 22.7 Å². The number of thiophene rings is 2. The van der Waals surface area contributed by atoms with Crippen molar-refractivity contribution in [3.63, 3.8) is 0 Å². The number of hydrogen-bond acceptors (Lipinski definition) is 3. The van der Waals surface area contributed by atoms with Gasteiger partial charge in [0.2, 0.25) is 5.69 Å². The normalized spacial score (nSPS) is 12.2. The van der Waals surface area contributed by atoms with E-state index in [1.807, 2.05) is 0 Å². The Kier molecular flexibility index (Phi) is 11.8. The van der Waals surface area contributed by atoms with Gasteiger partial charge in [-0.15, -0.1) is 22.7 Å². The van der Waals surface area contributed by atoms with E-state index >= 15 is 0 Å². The molecule has 0 aliphatic heterocycles. The standard InChI is InChI=1S/C96H52N6S2/c1-98-88-93(100-81-37-16-10-30-67(81)68-31-11-17-38-82(68)100)90(101-83-52-58(62-34-20-23-56-42-41-55-21-2-5-25-61(55)87(56)62)43-45-69(83)73-47-49-75-71-32-12-18-39-85(71)103-95(75)91(73)101)78(54-97)89(99-79-35-14-8-28-65(79)66-29-9-15-36-80(66)99)94(88)102-84-53-59(77-51-57-22-3-4-24-60(57)63-26-6-7-27-64(63)77)44-46-70(84)74-48-50-76-72-33-13-19-40-86(72)104-96(76)92(74)102/h2-53H. The highest BCUT2D eigenvalue weighted by Gasteiger charge is 2.36. The lowest BCUT2D eigenvalue weighted by molar-refractivity contribution is 1.04. The summed E-state index contributed by atoms with van der Waals surface area (Å²) in [6, 6.07) is 118. The Morgan fingerprint density at radius 1 is 0.279 bits per heavy atom. The molecule has 104 heavy (non-hydrogen) atoms. The largest absolute Gasteiger partial charge is 0.317 e. The van der Waals surface area contributed by atoms with E-state index in [4.69, 9.17) is 4.85 Å². The molecule has 0 atom stereocenters. The van der Waals surface area contributed by atoms with Gasteiger partial charge in [-0.1, -0.05) is 261 Å². The van der Waals surface area contributed by atoms with Crippen LogP contribution in [-0.4, -0.2) is 18.3 Å². The summed E-state index contributed by atoms with van der Waals surface area (Å²) in [7, 11) is 0. The first-order valence-corrected chi connectivity index (χ1v) is 36.8. The molecule has 0 radical (unpaired) electrons. The van der Waals surface area contributed by atoms with Crippen molar-refractivity contribution in [2.24, 2.45) is 0 Å². The van der Waals surface area contributed by atoms with Gasteiger partial charge in [0.15, 0.2) is 0 Å². The Morgan fingerprint density at radius 2 is 0.673 bits per heavy atom. The van der Waals surface area contributed by atoms with Gasteiger partial charge in [-0.3, -0.25) is 0 Å². The van der Waals surface area contributed by atoms with Gasteiger partial charge in [0.05, 0.1) is 82.9 Å². The molecule has 0 unspecified atom stereocenters. The van der Waals surface area contributed by atoms with E-state index < -0.39 is 0 Å². The van der Waals surface area contributed by atoms with Crippen molar-refractivity contribution < 1.29 is 0 Å². The Hall–Kier alpha value is -13.6. The third-order valence-corrected chi connectivity index (χ3v) is 24.7. The molecule has 0 saturated carbocycles. The van der Waals surface area contributed by atoms with Crippen LogP contribution in [0.15, 0.2) is 315 Å². The maximum absolute atomic E-state index is 13.7. The second-order valence-electron chi connectivity index (χ2n) is 27.5. The molecule has 6 aromatic heterocycles. The molecule has 478 valence electrons. The molecule has 0 bridgehead atoms. The van der Waals surface area contributed by atoms with Crippen molar-refractivity contribution in [3.8, 4) is 51.1 Å². The van der Waals surface area contributed by atoms with Crippen molar-refractivity contribution >= 4 is 199 Å². The number of rotatable bonds is 6. The monoisotopic (exact) mass is 1350 g/mol. The van der Waals surface area contributed by atoms with Crippen molar-refractivity contribution in [3.05, 3.63) is 332 Å². The van der Waals surface area contributed by atoms with E-state index in [0.29, 0.717) is 34.0 Å². The summed E-state index contributed by atoms with van der Waals surface area (Å²) in [5.41, 5.74) is 14.9. The predicted molar refractivity (Wildman–Crippen MR) is 441 cm³/mol. The minimum atomic E-state index is 0.385. The minimum Gasteiger partial charge on any atom is -0.317 e. The van der Waals surface area contributed by atoms with Crippen molar-refractivity contribution in [1.29, 1.82) is 5.26 Å². The fourth-order valence-electron chi connectivity index (χ4n) is 18.0. The van der Waals surface area contributed by atoms with Gasteiger partial charge in [-0.2, -0.15) is 5.26 Å². The van der Waals surface area contributed by atoms with Gasteiger partial charge in [0.1, 0.15) is 11.6 Å². The summed E-state index contributed by atoms with van der Waals surface area (Å²) in [6.07, 6.45) is 0. The second kappa shape index (κ2) is 21.5. The van der Waals surface area contributed by atoms with Crippen LogP contribution >= 0.6 is 22.7 Å². The van der Waals surface area contributed by atoms with Gasteiger partial charge >= 0.3 is 0 Å². The minimum absolute atomic E-state index is 0.385. The van der Waals surface area contributed by atoms with E-state index in [0.717, 1.165) is 166 Å². The van der Waals surface area contributed by atoms with E-state index in [1.165, 1.54) is 26.9 Å². The number of benzene rings is 17. The Bertz CT molecular complexity index is 7440. The molecular formula is C96H52N6S2. The highest BCUT2D eigenvalue weighted by atomic mass is 32.1. The smallest absolute Gasteiger partial charge is 0.238 e. The van der Waals surface area contributed by atoms with E-state index in [9.17, 15) is 11.8 Å². The van der Waals surface area contributed by atoms with Crippen molar-refractivity contribution in [1.82, 2.24) is 18.3 Å². The summed E-state index contributed by atoms with van der Waals surface area (Å²) in [5, 5.41) is 35.9. The van der Waals surface area contributed by atoms with Gasteiger partial charge in [-0.05, 0) is 120 Å². The Balaban J connectivity index is 0.989. The first-order chi connectivity index (χ1) is 51.6. The third-order valence-electron chi connectivity index (χ3n) is 22.4. The number of para-hydroxylation sites is 4. The first kappa shape index (κ1) is 57.2. The lowest BCUT2D eigenvalue weighted by atomic mass is 9.93. The molecule has 23 aromatic rings. The number of nitriles is 1. The maximum Gasteiger partial charge on any atom is 0.238 e. The zero-order chi connectivity index (χ0) is 68.2. The molecule has 0 spiro atoms.